The topological polar surface area (TPSA) is 76.0 Å². The molecular formula is C5H12IO5P. The molecule has 0 amide bonds. The molecule has 0 saturated heterocycles. The summed E-state index contributed by atoms with van der Waals surface area (Å²) in [5, 5.41) is 8.35. The van der Waals surface area contributed by atoms with Crippen molar-refractivity contribution in [1.29, 1.82) is 0 Å². The maximum atomic E-state index is 10.1. The number of ether oxygens (including phenoxy) is 1. The van der Waals surface area contributed by atoms with Crippen molar-refractivity contribution in [2.24, 2.45) is 0 Å². The molecule has 0 aromatic heterocycles. The molecule has 5 nitrogen and oxygen atoms in total. The maximum absolute atomic E-state index is 10.1. The molecule has 0 aromatic rings. The summed E-state index contributed by atoms with van der Waals surface area (Å²) >= 11 is 2.05. The van der Waals surface area contributed by atoms with Crippen LogP contribution in [0.15, 0.2) is 0 Å². The summed E-state index contributed by atoms with van der Waals surface area (Å²) in [4.78, 5) is 8.31. The molecule has 0 aliphatic heterocycles. The van der Waals surface area contributed by atoms with E-state index in [1.54, 1.807) is 0 Å². The number of hydrogen-bond acceptors (Lipinski definition) is 4. The van der Waals surface area contributed by atoms with Crippen LogP contribution in [0.1, 0.15) is 0 Å². The van der Waals surface area contributed by atoms with Crippen LogP contribution in [0.5, 0.6) is 0 Å². The summed E-state index contributed by atoms with van der Waals surface area (Å²) < 4.78 is 19.6. The lowest BCUT2D eigenvalue weighted by atomic mass is 10.5. The highest BCUT2D eigenvalue weighted by molar-refractivity contribution is 14.1. The van der Waals surface area contributed by atoms with E-state index >= 15 is 0 Å². The summed E-state index contributed by atoms with van der Waals surface area (Å²) in [7, 11) is -2.82. The standard InChI is InChI=1S/C5H12IO5P/c6-5(3-10-2-1-7)4-11-12(8)9/h5,7,12H,1-4H2,(H,8,9). The van der Waals surface area contributed by atoms with Crippen molar-refractivity contribution in [2.45, 2.75) is 3.92 Å². The molecule has 0 aliphatic carbocycles. The summed E-state index contributed by atoms with van der Waals surface area (Å²) in [6.45, 7) is 0.880. The third-order valence-electron chi connectivity index (χ3n) is 0.922. The quantitative estimate of drug-likeness (QED) is 0.304. The van der Waals surface area contributed by atoms with Crippen LogP contribution in [0.3, 0.4) is 0 Å². The molecule has 0 rings (SSSR count). The lowest BCUT2D eigenvalue weighted by molar-refractivity contribution is 0.0885. The summed E-state index contributed by atoms with van der Waals surface area (Å²) in [6, 6.07) is 0. The van der Waals surface area contributed by atoms with Gasteiger partial charge in [-0.05, 0) is 0 Å². The predicted octanol–water partition coefficient (Wildman–Crippen LogP) is 0.198. The number of aliphatic hydroxyl groups is 1. The second-order valence-corrected chi connectivity index (χ2v) is 4.55. The molecule has 74 valence electrons. The first-order chi connectivity index (χ1) is 5.66. The van der Waals surface area contributed by atoms with Crippen molar-refractivity contribution in [3.05, 3.63) is 0 Å². The molecule has 2 atom stereocenters. The van der Waals surface area contributed by atoms with E-state index in [9.17, 15) is 4.57 Å². The van der Waals surface area contributed by atoms with E-state index < -0.39 is 8.25 Å². The van der Waals surface area contributed by atoms with Gasteiger partial charge in [-0.25, -0.2) is 0 Å². The van der Waals surface area contributed by atoms with E-state index in [0.29, 0.717) is 6.61 Å². The SMILES string of the molecule is O=[PH](O)OCC(I)COCCO. The Labute approximate surface area is 85.2 Å². The monoisotopic (exact) mass is 310 g/mol. The fraction of sp³-hybridized carbons (Fsp3) is 1.00. The first-order valence-electron chi connectivity index (χ1n) is 3.35. The summed E-state index contributed by atoms with van der Waals surface area (Å²) in [5.41, 5.74) is 0. The Balaban J connectivity index is 3.21. The Bertz CT molecular complexity index is 133. The van der Waals surface area contributed by atoms with Gasteiger partial charge in [0.1, 0.15) is 0 Å². The largest absolute Gasteiger partial charge is 0.394 e. The van der Waals surface area contributed by atoms with Crippen LogP contribution in [0, 0.1) is 0 Å². The van der Waals surface area contributed by atoms with Crippen molar-refractivity contribution in [3.63, 3.8) is 0 Å². The molecule has 0 spiro atoms. The van der Waals surface area contributed by atoms with E-state index in [2.05, 4.69) is 4.52 Å². The maximum Gasteiger partial charge on any atom is 0.316 e. The van der Waals surface area contributed by atoms with Gasteiger partial charge in [0.25, 0.3) is 0 Å². The van der Waals surface area contributed by atoms with Gasteiger partial charge in [-0.15, -0.1) is 0 Å². The van der Waals surface area contributed by atoms with Gasteiger partial charge < -0.3 is 19.3 Å². The van der Waals surface area contributed by atoms with Gasteiger partial charge in [0, 0.05) is 0 Å². The van der Waals surface area contributed by atoms with Crippen molar-refractivity contribution >= 4 is 30.8 Å². The molecule has 2 N–H and O–H groups in total. The molecule has 0 heterocycles. The second-order valence-electron chi connectivity index (χ2n) is 1.97. The zero-order valence-electron chi connectivity index (χ0n) is 6.40. The Hall–Kier alpha value is 0.800. The number of aliphatic hydroxyl groups excluding tert-OH is 1. The highest BCUT2D eigenvalue weighted by atomic mass is 127. The highest BCUT2D eigenvalue weighted by Crippen LogP contribution is 2.16. The normalized spacial score (nSPS) is 15.9. The molecule has 0 radical (unpaired) electrons. The van der Waals surface area contributed by atoms with E-state index in [1.807, 2.05) is 22.6 Å². The number of alkyl halides is 1. The van der Waals surface area contributed by atoms with Crippen LogP contribution in [0.2, 0.25) is 0 Å². The molecule has 2 unspecified atom stereocenters. The van der Waals surface area contributed by atoms with Gasteiger partial charge in [0.15, 0.2) is 0 Å². The minimum absolute atomic E-state index is 0.0131. The third-order valence-corrected chi connectivity index (χ3v) is 2.05. The van der Waals surface area contributed by atoms with Crippen LogP contribution >= 0.6 is 30.8 Å². The predicted molar refractivity (Wildman–Crippen MR) is 52.9 cm³/mol. The van der Waals surface area contributed by atoms with Crippen LogP contribution in [-0.2, 0) is 13.8 Å². The fourth-order valence-electron chi connectivity index (χ4n) is 0.486. The zero-order valence-corrected chi connectivity index (χ0v) is 9.56. The molecule has 0 fully saturated rings. The minimum atomic E-state index is -2.82. The van der Waals surface area contributed by atoms with Crippen molar-refractivity contribution in [2.75, 3.05) is 26.4 Å². The summed E-state index contributed by atoms with van der Waals surface area (Å²) in [5.74, 6) is 0. The number of rotatable bonds is 7. The lowest BCUT2D eigenvalue weighted by Crippen LogP contribution is -2.15. The fourth-order valence-corrected chi connectivity index (χ4v) is 1.60. The minimum Gasteiger partial charge on any atom is -0.394 e. The average Bonchev–Trinajstić information content (AvgIpc) is 2.01. The van der Waals surface area contributed by atoms with Gasteiger partial charge in [-0.3, -0.25) is 4.57 Å². The van der Waals surface area contributed by atoms with Gasteiger partial charge in [0.2, 0.25) is 0 Å². The molecule has 0 saturated carbocycles. The second kappa shape index (κ2) is 8.40. The first kappa shape index (κ1) is 12.8. The van der Waals surface area contributed by atoms with Crippen LogP contribution in [0.4, 0.5) is 0 Å². The Kier molecular flexibility index (Phi) is 8.96. The molecule has 12 heavy (non-hydrogen) atoms. The molecule has 0 aromatic carbocycles. The molecule has 0 aliphatic rings. The zero-order chi connectivity index (χ0) is 9.40. The lowest BCUT2D eigenvalue weighted by Gasteiger charge is -2.08. The Morgan fingerprint density at radius 1 is 1.50 bits per heavy atom. The smallest absolute Gasteiger partial charge is 0.316 e. The Morgan fingerprint density at radius 2 is 2.17 bits per heavy atom. The van der Waals surface area contributed by atoms with E-state index in [4.69, 9.17) is 14.7 Å². The van der Waals surface area contributed by atoms with Gasteiger partial charge in [-0.1, -0.05) is 22.6 Å². The van der Waals surface area contributed by atoms with Crippen LogP contribution < -0.4 is 0 Å². The molecular weight excluding hydrogens is 298 g/mol. The highest BCUT2D eigenvalue weighted by Gasteiger charge is 2.05. The number of halogens is 1. The summed E-state index contributed by atoms with van der Waals surface area (Å²) in [6.07, 6.45) is 0. The Morgan fingerprint density at radius 3 is 2.67 bits per heavy atom. The van der Waals surface area contributed by atoms with E-state index in [0.717, 1.165) is 0 Å². The third kappa shape index (κ3) is 8.89. The van der Waals surface area contributed by atoms with Crippen LogP contribution in [-0.4, -0.2) is 40.4 Å². The van der Waals surface area contributed by atoms with Crippen LogP contribution in [0.25, 0.3) is 0 Å². The number of hydrogen-bond donors (Lipinski definition) is 2. The average molecular weight is 310 g/mol. The first-order valence-corrected chi connectivity index (χ1v) is 5.86. The van der Waals surface area contributed by atoms with Crippen molar-refractivity contribution in [1.82, 2.24) is 0 Å². The van der Waals surface area contributed by atoms with E-state index in [-0.39, 0.29) is 23.7 Å². The molecule has 7 heteroatoms. The van der Waals surface area contributed by atoms with E-state index in [1.165, 1.54) is 0 Å². The molecule has 0 bridgehead atoms. The van der Waals surface area contributed by atoms with Gasteiger partial charge in [0.05, 0.1) is 30.4 Å². The van der Waals surface area contributed by atoms with Gasteiger partial charge in [-0.2, -0.15) is 0 Å². The van der Waals surface area contributed by atoms with Crippen molar-refractivity contribution in [3.8, 4) is 0 Å². The van der Waals surface area contributed by atoms with Crippen molar-refractivity contribution < 1.29 is 23.8 Å². The van der Waals surface area contributed by atoms with Gasteiger partial charge >= 0.3 is 8.25 Å².